The zero-order valence-electron chi connectivity index (χ0n) is 15.1. The Labute approximate surface area is 158 Å². The minimum atomic E-state index is -1.18. The summed E-state index contributed by atoms with van der Waals surface area (Å²) in [6.07, 6.45) is 0. The maximum atomic E-state index is 13.1. The molecule has 0 aliphatic rings. The largest absolute Gasteiger partial charge is 0.298 e. The second kappa shape index (κ2) is 8.57. The number of hydrogen-bond acceptors (Lipinski definition) is 3. The molecule has 1 aromatic carbocycles. The van der Waals surface area contributed by atoms with Gasteiger partial charge in [0.05, 0.1) is 5.02 Å². The van der Waals surface area contributed by atoms with Crippen LogP contribution in [0, 0.1) is 11.3 Å². The molecule has 0 saturated carbocycles. The molecule has 0 aliphatic carbocycles. The maximum absolute atomic E-state index is 13.1. The van der Waals surface area contributed by atoms with Gasteiger partial charge in [0.15, 0.2) is 17.4 Å². The Kier molecular flexibility index (Phi) is 7.30. The Balaban J connectivity index is 3.57. The number of Topliss-reactive ketones (excluding diaryl/α,β-unsaturated/α-hetero) is 2. The molecule has 134 valence electrons. The Morgan fingerprint density at radius 2 is 1.80 bits per heavy atom. The van der Waals surface area contributed by atoms with Crippen LogP contribution in [-0.4, -0.2) is 29.3 Å². The van der Waals surface area contributed by atoms with Crippen molar-refractivity contribution in [2.75, 3.05) is 0 Å². The lowest BCUT2D eigenvalue weighted by atomic mass is 9.79. The second-order valence-electron chi connectivity index (χ2n) is 6.89. The number of carbonyl (C=O) groups excluding carboxylic acids is 2. The van der Waals surface area contributed by atoms with Crippen LogP contribution in [0.5, 0.6) is 0 Å². The van der Waals surface area contributed by atoms with Crippen molar-refractivity contribution in [1.29, 1.82) is 0 Å². The molecule has 0 spiro atoms. The molecule has 0 N–H and O–H groups in total. The average molecular weight is 381 g/mol. The molecule has 4 nitrogen and oxygen atoms in total. The molecular formula is C19H22Cl2N2O2. The first kappa shape index (κ1) is 21.3. The van der Waals surface area contributed by atoms with E-state index in [0.29, 0.717) is 5.02 Å². The highest BCUT2D eigenvalue weighted by atomic mass is 35.5. The monoisotopic (exact) mass is 380 g/mol. The summed E-state index contributed by atoms with van der Waals surface area (Å²) in [6.45, 7) is 12.3. The molecule has 1 rings (SSSR count). The van der Waals surface area contributed by atoms with Crippen molar-refractivity contribution in [3.8, 4) is 0 Å². The SMILES string of the molecule is C=C=N/C(=N\C(C)C)C(C(=O)c1ccc(Cl)cc1Cl)C(=O)C(C)(C)C. The molecule has 0 heterocycles. The van der Waals surface area contributed by atoms with Gasteiger partial charge in [-0.05, 0) is 44.5 Å². The number of rotatable bonds is 5. The van der Waals surface area contributed by atoms with Crippen molar-refractivity contribution in [2.45, 2.75) is 40.7 Å². The summed E-state index contributed by atoms with van der Waals surface area (Å²) >= 11 is 12.1. The van der Waals surface area contributed by atoms with E-state index in [9.17, 15) is 9.59 Å². The number of halogens is 2. The molecule has 1 aromatic rings. The van der Waals surface area contributed by atoms with E-state index in [2.05, 4.69) is 22.4 Å². The second-order valence-corrected chi connectivity index (χ2v) is 7.73. The number of amidine groups is 1. The number of aliphatic imine (C=N–C) groups is 2. The molecule has 6 heteroatoms. The van der Waals surface area contributed by atoms with Gasteiger partial charge in [0.25, 0.3) is 0 Å². The molecule has 0 aromatic heterocycles. The van der Waals surface area contributed by atoms with Gasteiger partial charge in [0.1, 0.15) is 5.92 Å². The van der Waals surface area contributed by atoms with Gasteiger partial charge in [-0.15, -0.1) is 0 Å². The quantitative estimate of drug-likeness (QED) is 0.309. The van der Waals surface area contributed by atoms with Gasteiger partial charge in [0.2, 0.25) is 0 Å². The molecule has 0 aliphatic heterocycles. The fourth-order valence-corrected chi connectivity index (χ4v) is 2.65. The first-order valence-electron chi connectivity index (χ1n) is 7.83. The Hall–Kier alpha value is -1.74. The molecule has 0 bridgehead atoms. The van der Waals surface area contributed by atoms with Crippen LogP contribution in [0.2, 0.25) is 10.0 Å². The van der Waals surface area contributed by atoms with Crippen LogP contribution < -0.4 is 0 Å². The Morgan fingerprint density at radius 3 is 2.24 bits per heavy atom. The number of hydrogen-bond donors (Lipinski definition) is 0. The highest BCUT2D eigenvalue weighted by Crippen LogP contribution is 2.29. The third-order valence-electron chi connectivity index (χ3n) is 3.30. The molecule has 1 atom stereocenters. The Bertz CT molecular complexity index is 755. The molecule has 25 heavy (non-hydrogen) atoms. The van der Waals surface area contributed by atoms with Gasteiger partial charge in [-0.3, -0.25) is 14.6 Å². The third-order valence-corrected chi connectivity index (χ3v) is 3.85. The maximum Gasteiger partial charge on any atom is 0.182 e. The summed E-state index contributed by atoms with van der Waals surface area (Å²) in [4.78, 5) is 34.4. The van der Waals surface area contributed by atoms with Gasteiger partial charge in [0, 0.05) is 22.0 Å². The summed E-state index contributed by atoms with van der Waals surface area (Å²) in [6, 6.07) is 4.36. The van der Waals surface area contributed by atoms with E-state index in [-0.39, 0.29) is 28.2 Å². The van der Waals surface area contributed by atoms with E-state index in [1.807, 2.05) is 13.8 Å². The van der Waals surface area contributed by atoms with Gasteiger partial charge in [-0.1, -0.05) is 44.0 Å². The Morgan fingerprint density at radius 1 is 1.20 bits per heavy atom. The van der Waals surface area contributed by atoms with Crippen LogP contribution in [0.3, 0.4) is 0 Å². The standard InChI is InChI=1S/C19H22Cl2N2O2/c1-7-22-18(23-11(2)3)15(17(25)19(4,5)6)16(24)13-9-8-12(20)10-14(13)21/h8-11,15H,1H2,2-6H3/b23-18-. The zero-order chi connectivity index (χ0) is 19.4. The lowest BCUT2D eigenvalue weighted by Gasteiger charge is -2.24. The summed E-state index contributed by atoms with van der Waals surface area (Å²) < 4.78 is 0. The molecule has 0 fully saturated rings. The zero-order valence-corrected chi connectivity index (χ0v) is 16.6. The molecule has 0 radical (unpaired) electrons. The highest BCUT2D eigenvalue weighted by molar-refractivity contribution is 6.38. The molecule has 0 amide bonds. The topological polar surface area (TPSA) is 58.9 Å². The van der Waals surface area contributed by atoms with Gasteiger partial charge in [-0.2, -0.15) is 4.99 Å². The summed E-state index contributed by atoms with van der Waals surface area (Å²) in [5, 5.41) is 0.580. The first-order valence-corrected chi connectivity index (χ1v) is 8.58. The number of benzene rings is 1. The molecule has 1 unspecified atom stereocenters. The minimum absolute atomic E-state index is 0.0842. The van der Waals surface area contributed by atoms with E-state index in [0.717, 1.165) is 0 Å². The lowest BCUT2D eigenvalue weighted by Crippen LogP contribution is -2.39. The predicted octanol–water partition coefficient (Wildman–Crippen LogP) is 5.07. The first-order chi connectivity index (χ1) is 11.5. The van der Waals surface area contributed by atoms with Crippen molar-refractivity contribution in [2.24, 2.45) is 21.3 Å². The van der Waals surface area contributed by atoms with Crippen LogP contribution in [-0.2, 0) is 4.79 Å². The van der Waals surface area contributed by atoms with Crippen LogP contribution in [0.25, 0.3) is 0 Å². The van der Waals surface area contributed by atoms with Gasteiger partial charge < -0.3 is 0 Å². The van der Waals surface area contributed by atoms with Crippen LogP contribution in [0.15, 0.2) is 34.8 Å². The minimum Gasteiger partial charge on any atom is -0.298 e. The summed E-state index contributed by atoms with van der Waals surface area (Å²) in [5.41, 5.74) is -0.572. The van der Waals surface area contributed by atoms with Crippen LogP contribution in [0.4, 0.5) is 0 Å². The third kappa shape index (κ3) is 5.64. The summed E-state index contributed by atoms with van der Waals surface area (Å²) in [7, 11) is 0. The predicted molar refractivity (Wildman–Crippen MR) is 104 cm³/mol. The lowest BCUT2D eigenvalue weighted by molar-refractivity contribution is -0.127. The fraction of sp³-hybridized carbons (Fsp3) is 0.421. The van der Waals surface area contributed by atoms with E-state index in [4.69, 9.17) is 23.2 Å². The van der Waals surface area contributed by atoms with Crippen molar-refractivity contribution in [1.82, 2.24) is 0 Å². The van der Waals surface area contributed by atoms with Crippen molar-refractivity contribution >= 4 is 46.5 Å². The van der Waals surface area contributed by atoms with E-state index < -0.39 is 17.1 Å². The van der Waals surface area contributed by atoms with Crippen molar-refractivity contribution < 1.29 is 9.59 Å². The molecule has 0 saturated heterocycles. The average Bonchev–Trinajstić information content (AvgIpc) is 2.45. The van der Waals surface area contributed by atoms with Crippen LogP contribution in [0.1, 0.15) is 45.0 Å². The fourth-order valence-electron chi connectivity index (χ4n) is 2.14. The number of nitrogens with zero attached hydrogens (tertiary/aromatic N) is 2. The van der Waals surface area contributed by atoms with E-state index in [1.165, 1.54) is 12.1 Å². The van der Waals surface area contributed by atoms with E-state index in [1.54, 1.807) is 26.8 Å². The summed E-state index contributed by atoms with van der Waals surface area (Å²) in [5.74, 6) is 0.499. The molecular weight excluding hydrogens is 359 g/mol. The highest BCUT2D eigenvalue weighted by Gasteiger charge is 2.39. The number of ketones is 2. The van der Waals surface area contributed by atoms with Gasteiger partial charge in [-0.25, -0.2) is 0 Å². The van der Waals surface area contributed by atoms with Crippen LogP contribution >= 0.6 is 23.2 Å². The van der Waals surface area contributed by atoms with Gasteiger partial charge >= 0.3 is 0 Å². The normalized spacial score (nSPS) is 13.4. The van der Waals surface area contributed by atoms with E-state index >= 15 is 0 Å². The van der Waals surface area contributed by atoms with Crippen molar-refractivity contribution in [3.63, 3.8) is 0 Å². The smallest absolute Gasteiger partial charge is 0.182 e. The van der Waals surface area contributed by atoms with Crippen molar-refractivity contribution in [3.05, 3.63) is 40.4 Å². The number of carbonyl (C=O) groups is 2.